The first-order valence-electron chi connectivity index (χ1n) is 6.82. The Morgan fingerprint density at radius 1 is 1.36 bits per heavy atom. The summed E-state index contributed by atoms with van der Waals surface area (Å²) in [4.78, 5) is 12.8. The first kappa shape index (κ1) is 21.3. The molecule has 1 unspecified atom stereocenters. The zero-order valence-electron chi connectivity index (χ0n) is 13.0. The lowest BCUT2D eigenvalue weighted by atomic mass is 9.97. The van der Waals surface area contributed by atoms with Crippen molar-refractivity contribution < 1.29 is 13.2 Å². The Hall–Kier alpha value is -0.670. The Labute approximate surface area is 142 Å². The highest BCUT2D eigenvalue weighted by molar-refractivity contribution is 7.91. The maximum atomic E-state index is 12.0. The monoisotopic (exact) mass is 369 g/mol. The fourth-order valence-corrected chi connectivity index (χ4v) is 4.18. The van der Waals surface area contributed by atoms with Gasteiger partial charge in [0.05, 0.1) is 5.54 Å². The van der Waals surface area contributed by atoms with Crippen molar-refractivity contribution in [2.75, 3.05) is 13.1 Å². The summed E-state index contributed by atoms with van der Waals surface area (Å²) in [6.07, 6.45) is 1.39. The molecule has 1 amide bonds. The summed E-state index contributed by atoms with van der Waals surface area (Å²) in [5, 5.41) is 2.65. The van der Waals surface area contributed by atoms with Gasteiger partial charge in [0.25, 0.3) is 0 Å². The smallest absolute Gasteiger partial charge is 0.250 e. The number of carbonyl (C=O) groups is 1. The van der Waals surface area contributed by atoms with Gasteiger partial charge in [0.2, 0.25) is 15.9 Å². The maximum absolute atomic E-state index is 12.0. The van der Waals surface area contributed by atoms with Gasteiger partial charge in [-0.1, -0.05) is 13.3 Å². The third kappa shape index (κ3) is 6.21. The van der Waals surface area contributed by atoms with Crippen LogP contribution < -0.4 is 15.8 Å². The summed E-state index contributed by atoms with van der Waals surface area (Å²) in [6.45, 7) is 5.81. The largest absolute Gasteiger partial charge is 0.353 e. The fraction of sp³-hybridized carbons (Fsp3) is 0.615. The van der Waals surface area contributed by atoms with Crippen LogP contribution in [-0.2, 0) is 14.8 Å². The number of hydrogen-bond acceptors (Lipinski definition) is 5. The molecule has 6 nitrogen and oxygen atoms in total. The molecule has 1 aromatic heterocycles. The number of hydrogen-bond donors (Lipinski definition) is 3. The summed E-state index contributed by atoms with van der Waals surface area (Å²) >= 11 is 1.21. The first-order valence-corrected chi connectivity index (χ1v) is 9.12. The minimum atomic E-state index is -3.50. The molecule has 22 heavy (non-hydrogen) atoms. The molecule has 4 N–H and O–H groups in total. The second kappa shape index (κ2) is 8.83. The van der Waals surface area contributed by atoms with Crippen LogP contribution in [0.3, 0.4) is 0 Å². The van der Waals surface area contributed by atoms with Gasteiger partial charge in [0, 0.05) is 18.0 Å². The number of nitrogens with two attached hydrogens (primary N) is 1. The van der Waals surface area contributed by atoms with Crippen molar-refractivity contribution in [2.24, 2.45) is 5.73 Å². The molecule has 0 aromatic carbocycles. The van der Waals surface area contributed by atoms with E-state index in [1.54, 1.807) is 19.1 Å². The molecule has 0 bridgehead atoms. The van der Waals surface area contributed by atoms with Crippen molar-refractivity contribution in [3.63, 3.8) is 0 Å². The lowest BCUT2D eigenvalue weighted by Crippen LogP contribution is -2.52. The number of sulfonamides is 1. The van der Waals surface area contributed by atoms with Crippen molar-refractivity contribution in [3.05, 3.63) is 17.0 Å². The second-order valence-corrected chi connectivity index (χ2v) is 8.47. The molecular weight excluding hydrogens is 346 g/mol. The van der Waals surface area contributed by atoms with Crippen LogP contribution in [0.1, 0.15) is 31.6 Å². The Morgan fingerprint density at radius 2 is 2.00 bits per heavy atom. The Bertz CT molecular complexity index is 585. The predicted octanol–water partition coefficient (Wildman–Crippen LogP) is 1.39. The number of nitrogens with one attached hydrogen (secondary N) is 2. The van der Waals surface area contributed by atoms with Crippen LogP contribution >= 0.6 is 23.7 Å². The summed E-state index contributed by atoms with van der Waals surface area (Å²) in [7, 11) is -3.50. The molecule has 1 atom stereocenters. The quantitative estimate of drug-likeness (QED) is 0.602. The Kier molecular flexibility index (Phi) is 8.56. The molecule has 0 aliphatic carbocycles. The average Bonchev–Trinajstić information content (AvgIpc) is 2.82. The molecule has 0 saturated carbocycles. The average molecular weight is 370 g/mol. The normalized spacial score (nSPS) is 14.0. The Balaban J connectivity index is 0.00000441. The van der Waals surface area contributed by atoms with E-state index in [9.17, 15) is 13.2 Å². The van der Waals surface area contributed by atoms with Gasteiger partial charge in [-0.25, -0.2) is 13.1 Å². The zero-order chi connectivity index (χ0) is 16.1. The van der Waals surface area contributed by atoms with Crippen molar-refractivity contribution in [1.29, 1.82) is 0 Å². The Morgan fingerprint density at radius 3 is 2.50 bits per heavy atom. The van der Waals surface area contributed by atoms with Crippen LogP contribution in [0.5, 0.6) is 0 Å². The lowest BCUT2D eigenvalue weighted by molar-refractivity contribution is -0.126. The highest BCUT2D eigenvalue weighted by Crippen LogP contribution is 2.19. The highest BCUT2D eigenvalue weighted by Gasteiger charge is 2.26. The third-order valence-electron chi connectivity index (χ3n) is 2.97. The number of aryl methyl sites for hydroxylation is 1. The number of rotatable bonds is 8. The van der Waals surface area contributed by atoms with Gasteiger partial charge in [-0.05, 0) is 32.4 Å². The van der Waals surface area contributed by atoms with E-state index in [1.165, 1.54) is 11.3 Å². The van der Waals surface area contributed by atoms with Crippen LogP contribution in [0.4, 0.5) is 0 Å². The minimum absolute atomic E-state index is 0. The minimum Gasteiger partial charge on any atom is -0.353 e. The van der Waals surface area contributed by atoms with Crippen molar-refractivity contribution in [1.82, 2.24) is 10.0 Å². The molecule has 0 aliphatic heterocycles. The van der Waals surface area contributed by atoms with E-state index >= 15 is 0 Å². The summed E-state index contributed by atoms with van der Waals surface area (Å²) in [6, 6.07) is 3.32. The molecule has 0 spiro atoms. The molecule has 9 heteroatoms. The summed E-state index contributed by atoms with van der Waals surface area (Å²) < 4.78 is 26.6. The van der Waals surface area contributed by atoms with E-state index in [-0.39, 0.29) is 35.6 Å². The molecule has 1 heterocycles. The second-order valence-electron chi connectivity index (χ2n) is 5.19. The number of carbonyl (C=O) groups excluding carboxylic acids is 1. The molecule has 0 fully saturated rings. The topological polar surface area (TPSA) is 101 Å². The van der Waals surface area contributed by atoms with E-state index in [0.717, 1.165) is 11.3 Å². The van der Waals surface area contributed by atoms with E-state index in [4.69, 9.17) is 5.73 Å². The van der Waals surface area contributed by atoms with Gasteiger partial charge in [-0.2, -0.15) is 0 Å². The number of thiophene rings is 1. The molecule has 1 aromatic rings. The fourth-order valence-electron chi connectivity index (χ4n) is 1.82. The number of amides is 1. The van der Waals surface area contributed by atoms with Crippen LogP contribution in [0.2, 0.25) is 0 Å². The van der Waals surface area contributed by atoms with Gasteiger partial charge in [0.1, 0.15) is 4.21 Å². The van der Waals surface area contributed by atoms with Crippen LogP contribution in [0.25, 0.3) is 0 Å². The van der Waals surface area contributed by atoms with Gasteiger partial charge in [-0.3, -0.25) is 4.79 Å². The van der Waals surface area contributed by atoms with E-state index in [1.807, 2.05) is 13.8 Å². The third-order valence-corrected chi connectivity index (χ3v) is 5.92. The molecule has 1 rings (SSSR count). The van der Waals surface area contributed by atoms with E-state index in [2.05, 4.69) is 10.0 Å². The van der Waals surface area contributed by atoms with Crippen molar-refractivity contribution >= 4 is 39.7 Å². The maximum Gasteiger partial charge on any atom is 0.250 e. The zero-order valence-corrected chi connectivity index (χ0v) is 15.5. The van der Waals surface area contributed by atoms with Gasteiger partial charge >= 0.3 is 0 Å². The summed E-state index contributed by atoms with van der Waals surface area (Å²) in [5.74, 6) is -0.268. The first-order chi connectivity index (χ1) is 9.69. The predicted molar refractivity (Wildman–Crippen MR) is 92.0 cm³/mol. The van der Waals surface area contributed by atoms with Crippen LogP contribution in [-0.4, -0.2) is 33.0 Å². The van der Waals surface area contributed by atoms with Crippen molar-refractivity contribution in [3.8, 4) is 0 Å². The lowest BCUT2D eigenvalue weighted by Gasteiger charge is -2.22. The standard InChI is InChI=1S/C13H23N3O3S2.ClH/c1-4-7-13(3,14)12(17)15-8-9-16-21(18,19)11-6-5-10(2)20-11;/h5-6,16H,4,7-9,14H2,1-3H3,(H,15,17);1H. The number of halogens is 1. The van der Waals surface area contributed by atoms with Gasteiger partial charge in [-0.15, -0.1) is 23.7 Å². The van der Waals surface area contributed by atoms with Crippen LogP contribution in [0.15, 0.2) is 16.3 Å². The van der Waals surface area contributed by atoms with Crippen LogP contribution in [0, 0.1) is 6.92 Å². The molecule has 0 saturated heterocycles. The van der Waals surface area contributed by atoms with E-state index in [0.29, 0.717) is 6.42 Å². The molecule has 128 valence electrons. The van der Waals surface area contributed by atoms with E-state index < -0.39 is 15.6 Å². The highest BCUT2D eigenvalue weighted by atomic mass is 35.5. The SMILES string of the molecule is CCCC(C)(N)C(=O)NCCNS(=O)(=O)c1ccc(C)s1.Cl. The molecular formula is C13H24ClN3O3S2. The summed E-state index contributed by atoms with van der Waals surface area (Å²) in [5.41, 5.74) is 4.97. The van der Waals surface area contributed by atoms with Gasteiger partial charge < -0.3 is 11.1 Å². The molecule has 0 radical (unpaired) electrons. The molecule has 0 aliphatic rings. The van der Waals surface area contributed by atoms with Crippen molar-refractivity contribution in [2.45, 2.75) is 43.4 Å². The van der Waals surface area contributed by atoms with Gasteiger partial charge in [0.15, 0.2) is 0 Å².